The maximum Gasteiger partial charge on any atom is 0.00548 e. The fourth-order valence-electron chi connectivity index (χ4n) is 3.28. The molecular weight excluding hydrogens is 240 g/mol. The van der Waals surface area contributed by atoms with Crippen LogP contribution in [0.5, 0.6) is 0 Å². The molecule has 1 aliphatic rings. The van der Waals surface area contributed by atoms with E-state index in [0.717, 1.165) is 0 Å². The number of allylic oxidation sites excluding steroid dienone is 1. The molecule has 0 nitrogen and oxygen atoms in total. The highest BCUT2D eigenvalue weighted by atomic mass is 14.3. The van der Waals surface area contributed by atoms with Crippen molar-refractivity contribution in [3.05, 3.63) is 65.2 Å². The first kappa shape index (κ1) is 13.2. The maximum atomic E-state index is 2.40. The average molecular weight is 262 g/mol. The van der Waals surface area contributed by atoms with E-state index in [-0.39, 0.29) is 0 Å². The first-order chi connectivity index (χ1) is 9.81. The van der Waals surface area contributed by atoms with Crippen molar-refractivity contribution in [1.82, 2.24) is 0 Å². The second kappa shape index (κ2) is 5.66. The largest absolute Gasteiger partial charge is 0.0654 e. The van der Waals surface area contributed by atoms with Crippen LogP contribution in [0.15, 0.2) is 54.1 Å². The molecule has 1 aliphatic carbocycles. The van der Waals surface area contributed by atoms with Crippen LogP contribution in [0.2, 0.25) is 0 Å². The Hall–Kier alpha value is -1.82. The Morgan fingerprint density at radius 2 is 1.75 bits per heavy atom. The van der Waals surface area contributed by atoms with Crippen molar-refractivity contribution in [3.63, 3.8) is 0 Å². The Morgan fingerprint density at radius 3 is 2.50 bits per heavy atom. The van der Waals surface area contributed by atoms with E-state index in [9.17, 15) is 0 Å². The molecular formula is C20H22. The summed E-state index contributed by atoms with van der Waals surface area (Å²) in [5.41, 5.74) is 7.19. The van der Waals surface area contributed by atoms with Gasteiger partial charge in [-0.25, -0.2) is 0 Å². The van der Waals surface area contributed by atoms with Crippen LogP contribution < -0.4 is 0 Å². The summed E-state index contributed by atoms with van der Waals surface area (Å²) < 4.78 is 0. The molecule has 2 aromatic rings. The van der Waals surface area contributed by atoms with Crippen LogP contribution in [0.1, 0.15) is 50.2 Å². The van der Waals surface area contributed by atoms with Gasteiger partial charge in [-0.1, -0.05) is 79.9 Å². The van der Waals surface area contributed by atoms with Gasteiger partial charge in [-0.2, -0.15) is 0 Å². The summed E-state index contributed by atoms with van der Waals surface area (Å²) in [6.45, 7) is 4.56. The lowest BCUT2D eigenvalue weighted by Gasteiger charge is -2.15. The van der Waals surface area contributed by atoms with Crippen LogP contribution >= 0.6 is 0 Å². The van der Waals surface area contributed by atoms with E-state index in [0.29, 0.717) is 5.92 Å². The minimum Gasteiger partial charge on any atom is -0.0654 e. The Balaban J connectivity index is 2.04. The predicted molar refractivity (Wildman–Crippen MR) is 87.8 cm³/mol. The summed E-state index contributed by atoms with van der Waals surface area (Å²) in [5, 5.41) is 0. The van der Waals surface area contributed by atoms with Gasteiger partial charge in [0.25, 0.3) is 0 Å². The van der Waals surface area contributed by atoms with Gasteiger partial charge in [-0.3, -0.25) is 0 Å². The van der Waals surface area contributed by atoms with Crippen molar-refractivity contribution in [2.75, 3.05) is 0 Å². The van der Waals surface area contributed by atoms with Crippen molar-refractivity contribution in [2.45, 2.75) is 39.0 Å². The Labute approximate surface area is 122 Å². The number of hydrogen-bond acceptors (Lipinski definition) is 0. The summed E-state index contributed by atoms with van der Waals surface area (Å²) in [6, 6.07) is 17.5. The summed E-state index contributed by atoms with van der Waals surface area (Å²) in [4.78, 5) is 0. The zero-order valence-electron chi connectivity index (χ0n) is 12.4. The highest BCUT2D eigenvalue weighted by Gasteiger charge is 2.23. The molecule has 0 saturated carbocycles. The van der Waals surface area contributed by atoms with E-state index in [2.05, 4.69) is 68.5 Å². The highest BCUT2D eigenvalue weighted by Crippen LogP contribution is 2.43. The van der Waals surface area contributed by atoms with Crippen molar-refractivity contribution in [1.29, 1.82) is 0 Å². The van der Waals surface area contributed by atoms with Crippen molar-refractivity contribution in [3.8, 4) is 11.1 Å². The third-order valence-electron chi connectivity index (χ3n) is 4.37. The second-order valence-corrected chi connectivity index (χ2v) is 5.76. The van der Waals surface area contributed by atoms with Gasteiger partial charge in [0.1, 0.15) is 0 Å². The number of benzene rings is 2. The lowest BCUT2D eigenvalue weighted by atomic mass is 9.89. The molecule has 0 heterocycles. The SMILES string of the molecule is CCCCC1C(C)=Cc2c(-c3ccccc3)cccc21. The van der Waals surface area contributed by atoms with Crippen molar-refractivity contribution >= 4 is 6.08 Å². The smallest absolute Gasteiger partial charge is 0.00548 e. The molecule has 1 atom stereocenters. The summed E-state index contributed by atoms with van der Waals surface area (Å²) >= 11 is 0. The van der Waals surface area contributed by atoms with Crippen LogP contribution in [-0.4, -0.2) is 0 Å². The van der Waals surface area contributed by atoms with Gasteiger partial charge in [0.2, 0.25) is 0 Å². The van der Waals surface area contributed by atoms with Crippen molar-refractivity contribution in [2.24, 2.45) is 0 Å². The average Bonchev–Trinajstić information content (AvgIpc) is 2.81. The molecule has 3 rings (SSSR count). The van der Waals surface area contributed by atoms with Crippen LogP contribution in [0.4, 0.5) is 0 Å². The standard InChI is InChI=1S/C20H22/c1-3-4-11-17-15(2)14-20-18(12-8-13-19(17)20)16-9-6-5-7-10-16/h5-10,12-14,17H,3-4,11H2,1-2H3. The predicted octanol–water partition coefficient (Wildman–Crippen LogP) is 6.04. The molecule has 0 aliphatic heterocycles. The van der Waals surface area contributed by atoms with E-state index >= 15 is 0 Å². The van der Waals surface area contributed by atoms with Gasteiger partial charge in [-0.05, 0) is 35.6 Å². The molecule has 0 heteroatoms. The van der Waals surface area contributed by atoms with Gasteiger partial charge < -0.3 is 0 Å². The normalized spacial score (nSPS) is 16.9. The third kappa shape index (κ3) is 2.31. The fraction of sp³-hybridized carbons (Fsp3) is 0.300. The van der Waals surface area contributed by atoms with Gasteiger partial charge in [0.05, 0.1) is 0 Å². The van der Waals surface area contributed by atoms with E-state index in [1.165, 1.54) is 47.1 Å². The van der Waals surface area contributed by atoms with E-state index in [1.54, 1.807) is 0 Å². The molecule has 0 N–H and O–H groups in total. The van der Waals surface area contributed by atoms with Crippen LogP contribution in [0.3, 0.4) is 0 Å². The molecule has 0 amide bonds. The Morgan fingerprint density at radius 1 is 0.950 bits per heavy atom. The Bertz CT molecular complexity index is 620. The van der Waals surface area contributed by atoms with Crippen LogP contribution in [0, 0.1) is 0 Å². The first-order valence-corrected chi connectivity index (χ1v) is 7.67. The van der Waals surface area contributed by atoms with Gasteiger partial charge in [-0.15, -0.1) is 0 Å². The number of rotatable bonds is 4. The van der Waals surface area contributed by atoms with Crippen molar-refractivity contribution < 1.29 is 0 Å². The monoisotopic (exact) mass is 262 g/mol. The van der Waals surface area contributed by atoms with Gasteiger partial charge in [0, 0.05) is 5.92 Å². The molecule has 0 saturated heterocycles. The Kier molecular flexibility index (Phi) is 3.73. The quantitative estimate of drug-likeness (QED) is 0.629. The lowest BCUT2D eigenvalue weighted by Crippen LogP contribution is -1.97. The topological polar surface area (TPSA) is 0 Å². The third-order valence-corrected chi connectivity index (χ3v) is 4.37. The van der Waals surface area contributed by atoms with Crippen LogP contribution in [-0.2, 0) is 0 Å². The minimum absolute atomic E-state index is 0.633. The zero-order chi connectivity index (χ0) is 13.9. The second-order valence-electron chi connectivity index (χ2n) is 5.76. The summed E-state index contributed by atoms with van der Waals surface area (Å²) in [7, 11) is 0. The van der Waals surface area contributed by atoms with E-state index < -0.39 is 0 Å². The first-order valence-electron chi connectivity index (χ1n) is 7.67. The van der Waals surface area contributed by atoms with Crippen LogP contribution in [0.25, 0.3) is 17.2 Å². The molecule has 0 bridgehead atoms. The number of unbranched alkanes of at least 4 members (excludes halogenated alkanes) is 1. The molecule has 2 aromatic carbocycles. The molecule has 0 radical (unpaired) electrons. The molecule has 0 spiro atoms. The summed E-state index contributed by atoms with van der Waals surface area (Å²) in [6.07, 6.45) is 6.27. The fourth-order valence-corrected chi connectivity index (χ4v) is 3.28. The van der Waals surface area contributed by atoms with E-state index in [1.807, 2.05) is 0 Å². The van der Waals surface area contributed by atoms with E-state index in [4.69, 9.17) is 0 Å². The highest BCUT2D eigenvalue weighted by molar-refractivity contribution is 5.81. The summed E-state index contributed by atoms with van der Waals surface area (Å²) in [5.74, 6) is 0.633. The number of fused-ring (bicyclic) bond motifs is 1. The molecule has 20 heavy (non-hydrogen) atoms. The molecule has 102 valence electrons. The minimum atomic E-state index is 0.633. The van der Waals surface area contributed by atoms with Gasteiger partial charge >= 0.3 is 0 Å². The maximum absolute atomic E-state index is 2.40. The lowest BCUT2D eigenvalue weighted by molar-refractivity contribution is 0.650. The molecule has 0 fully saturated rings. The molecule has 1 unspecified atom stereocenters. The number of hydrogen-bond donors (Lipinski definition) is 0. The molecule has 0 aromatic heterocycles. The zero-order valence-corrected chi connectivity index (χ0v) is 12.4. The van der Waals surface area contributed by atoms with Gasteiger partial charge in [0.15, 0.2) is 0 Å².